The fraction of sp³-hybridized carbons (Fsp3) is 0.273. The number of carbonyl (C=O) groups is 2. The first-order valence-electron chi connectivity index (χ1n) is 4.87. The molecule has 0 bridgehead atoms. The van der Waals surface area contributed by atoms with Crippen LogP contribution in [0, 0.1) is 0 Å². The Labute approximate surface area is 110 Å². The molecule has 84 valence electrons. The summed E-state index contributed by atoms with van der Waals surface area (Å²) in [5.74, 6) is -0.393. The molecular weight excluding hydrogens is 338 g/mol. The van der Waals surface area contributed by atoms with E-state index in [1.54, 1.807) is 18.2 Å². The van der Waals surface area contributed by atoms with Crippen LogP contribution in [-0.4, -0.2) is 28.6 Å². The van der Waals surface area contributed by atoms with Gasteiger partial charge in [-0.25, -0.2) is 0 Å². The first kappa shape index (κ1) is 11.8. The molecular formula is C11H9Br2NO2. The van der Waals surface area contributed by atoms with E-state index in [1.807, 2.05) is 0 Å². The van der Waals surface area contributed by atoms with Gasteiger partial charge in [0.15, 0.2) is 0 Å². The van der Waals surface area contributed by atoms with Crippen molar-refractivity contribution in [1.82, 2.24) is 4.90 Å². The minimum atomic E-state index is -0.201. The largest absolute Gasteiger partial charge is 0.274 e. The molecule has 2 rings (SSSR count). The van der Waals surface area contributed by atoms with E-state index >= 15 is 0 Å². The first-order valence-corrected chi connectivity index (χ1v) is 6.79. The highest BCUT2D eigenvalue weighted by Gasteiger charge is 2.36. The topological polar surface area (TPSA) is 37.4 Å². The number of benzene rings is 1. The molecule has 1 aliphatic rings. The van der Waals surface area contributed by atoms with Crippen LogP contribution in [-0.2, 0) is 0 Å². The molecule has 0 unspecified atom stereocenters. The molecule has 0 saturated heterocycles. The fourth-order valence-electron chi connectivity index (χ4n) is 1.71. The van der Waals surface area contributed by atoms with Gasteiger partial charge in [-0.05, 0) is 34.5 Å². The molecule has 1 aliphatic heterocycles. The molecule has 0 aromatic heterocycles. The number of rotatable bonds is 3. The van der Waals surface area contributed by atoms with Crippen LogP contribution in [0.5, 0.6) is 0 Å². The van der Waals surface area contributed by atoms with E-state index in [9.17, 15) is 9.59 Å². The standard InChI is InChI=1S/C11H9Br2NO2/c12-5-2-6-14-10(15)7-3-1-4-8(13)9(7)11(14)16/h1,3-4H,2,5-6H2. The predicted molar refractivity (Wildman–Crippen MR) is 67.9 cm³/mol. The highest BCUT2D eigenvalue weighted by atomic mass is 79.9. The fourth-order valence-corrected chi connectivity index (χ4v) is 2.50. The molecule has 0 aliphatic carbocycles. The quantitative estimate of drug-likeness (QED) is 0.623. The zero-order valence-corrected chi connectivity index (χ0v) is 11.5. The summed E-state index contributed by atoms with van der Waals surface area (Å²) < 4.78 is 0.685. The molecule has 1 heterocycles. The van der Waals surface area contributed by atoms with Crippen molar-refractivity contribution in [2.24, 2.45) is 0 Å². The molecule has 1 aromatic rings. The lowest BCUT2D eigenvalue weighted by molar-refractivity contribution is 0.0655. The predicted octanol–water partition coefficient (Wildman–Crippen LogP) is 2.83. The number of amides is 2. The lowest BCUT2D eigenvalue weighted by atomic mass is 10.1. The van der Waals surface area contributed by atoms with E-state index < -0.39 is 0 Å². The van der Waals surface area contributed by atoms with Crippen LogP contribution in [0.15, 0.2) is 22.7 Å². The van der Waals surface area contributed by atoms with Crippen LogP contribution in [0.25, 0.3) is 0 Å². The number of hydrogen-bond donors (Lipinski definition) is 0. The molecule has 0 radical (unpaired) electrons. The highest BCUT2D eigenvalue weighted by Crippen LogP contribution is 2.29. The summed E-state index contributed by atoms with van der Waals surface area (Å²) in [5.41, 5.74) is 0.982. The van der Waals surface area contributed by atoms with Gasteiger partial charge in [0.25, 0.3) is 11.8 Å². The van der Waals surface area contributed by atoms with Gasteiger partial charge in [-0.15, -0.1) is 0 Å². The van der Waals surface area contributed by atoms with Crippen molar-refractivity contribution in [1.29, 1.82) is 0 Å². The van der Waals surface area contributed by atoms with Gasteiger partial charge in [-0.2, -0.15) is 0 Å². The van der Waals surface area contributed by atoms with Crippen molar-refractivity contribution in [3.05, 3.63) is 33.8 Å². The van der Waals surface area contributed by atoms with Crippen molar-refractivity contribution in [3.8, 4) is 0 Å². The molecule has 0 fully saturated rings. The van der Waals surface area contributed by atoms with Crippen LogP contribution >= 0.6 is 31.9 Å². The van der Waals surface area contributed by atoms with Gasteiger partial charge in [-0.1, -0.05) is 22.0 Å². The second-order valence-electron chi connectivity index (χ2n) is 3.47. The smallest absolute Gasteiger partial charge is 0.262 e. The number of carbonyl (C=O) groups excluding carboxylic acids is 2. The Kier molecular flexibility index (Phi) is 3.44. The third-order valence-electron chi connectivity index (χ3n) is 2.46. The molecule has 5 heteroatoms. The lowest BCUT2D eigenvalue weighted by Crippen LogP contribution is -2.30. The number of hydrogen-bond acceptors (Lipinski definition) is 2. The van der Waals surface area contributed by atoms with Crippen molar-refractivity contribution >= 4 is 43.7 Å². The summed E-state index contributed by atoms with van der Waals surface area (Å²) in [6, 6.07) is 5.23. The summed E-state index contributed by atoms with van der Waals surface area (Å²) in [4.78, 5) is 25.2. The Balaban J connectivity index is 2.37. The average Bonchev–Trinajstić information content (AvgIpc) is 2.51. The molecule has 0 N–H and O–H groups in total. The minimum absolute atomic E-state index is 0.192. The van der Waals surface area contributed by atoms with E-state index in [2.05, 4.69) is 31.9 Å². The van der Waals surface area contributed by atoms with Crippen LogP contribution in [0.2, 0.25) is 0 Å². The van der Waals surface area contributed by atoms with E-state index in [4.69, 9.17) is 0 Å². The molecule has 16 heavy (non-hydrogen) atoms. The Bertz CT molecular complexity index is 459. The van der Waals surface area contributed by atoms with Gasteiger partial charge in [0, 0.05) is 16.3 Å². The summed E-state index contributed by atoms with van der Waals surface area (Å²) >= 11 is 6.59. The van der Waals surface area contributed by atoms with Crippen LogP contribution in [0.4, 0.5) is 0 Å². The van der Waals surface area contributed by atoms with Crippen molar-refractivity contribution < 1.29 is 9.59 Å². The molecule has 0 atom stereocenters. The minimum Gasteiger partial charge on any atom is -0.274 e. The van der Waals surface area contributed by atoms with Gasteiger partial charge in [0.1, 0.15) is 0 Å². The van der Waals surface area contributed by atoms with Crippen LogP contribution < -0.4 is 0 Å². The van der Waals surface area contributed by atoms with E-state index in [-0.39, 0.29) is 11.8 Å². The van der Waals surface area contributed by atoms with Crippen molar-refractivity contribution in [3.63, 3.8) is 0 Å². The van der Waals surface area contributed by atoms with Crippen molar-refractivity contribution in [2.45, 2.75) is 6.42 Å². The normalized spacial score (nSPS) is 14.5. The molecule has 0 saturated carbocycles. The Morgan fingerprint density at radius 2 is 1.94 bits per heavy atom. The molecule has 3 nitrogen and oxygen atoms in total. The van der Waals surface area contributed by atoms with Gasteiger partial charge in [-0.3, -0.25) is 14.5 Å². The third kappa shape index (κ3) is 1.82. The second-order valence-corrected chi connectivity index (χ2v) is 5.11. The van der Waals surface area contributed by atoms with E-state index in [0.29, 0.717) is 22.1 Å². The zero-order valence-electron chi connectivity index (χ0n) is 8.37. The number of nitrogens with zero attached hydrogens (tertiary/aromatic N) is 1. The van der Waals surface area contributed by atoms with Crippen molar-refractivity contribution in [2.75, 3.05) is 11.9 Å². The molecule has 2 amide bonds. The monoisotopic (exact) mass is 345 g/mol. The van der Waals surface area contributed by atoms with E-state index in [0.717, 1.165) is 11.8 Å². The van der Waals surface area contributed by atoms with Gasteiger partial charge < -0.3 is 0 Å². The highest BCUT2D eigenvalue weighted by molar-refractivity contribution is 9.10. The van der Waals surface area contributed by atoms with Crippen LogP contribution in [0.1, 0.15) is 27.1 Å². The average molecular weight is 347 g/mol. The molecule has 0 spiro atoms. The first-order chi connectivity index (χ1) is 7.66. The second kappa shape index (κ2) is 4.67. The Morgan fingerprint density at radius 3 is 2.56 bits per heavy atom. The number of alkyl halides is 1. The molecule has 1 aromatic carbocycles. The third-order valence-corrected chi connectivity index (χ3v) is 3.69. The number of halogens is 2. The zero-order chi connectivity index (χ0) is 11.7. The lowest BCUT2D eigenvalue weighted by Gasteiger charge is -2.12. The van der Waals surface area contributed by atoms with Gasteiger partial charge in [0.05, 0.1) is 11.1 Å². The summed E-state index contributed by atoms with van der Waals surface area (Å²) in [6.07, 6.45) is 0.767. The SMILES string of the molecule is O=C1c2cccc(Br)c2C(=O)N1CCCBr. The summed E-state index contributed by atoms with van der Waals surface area (Å²) in [6.45, 7) is 0.462. The van der Waals surface area contributed by atoms with Gasteiger partial charge in [0.2, 0.25) is 0 Å². The Morgan fingerprint density at radius 1 is 1.19 bits per heavy atom. The summed E-state index contributed by atoms with van der Waals surface area (Å²) in [7, 11) is 0. The van der Waals surface area contributed by atoms with Crippen LogP contribution in [0.3, 0.4) is 0 Å². The maximum absolute atomic E-state index is 12.0. The number of imide groups is 1. The summed E-state index contributed by atoms with van der Waals surface area (Å²) in [5, 5.41) is 0.779. The Hall–Kier alpha value is -0.680. The van der Waals surface area contributed by atoms with E-state index in [1.165, 1.54) is 4.90 Å². The maximum atomic E-state index is 12.0. The number of fused-ring (bicyclic) bond motifs is 1. The maximum Gasteiger partial charge on any atom is 0.262 e. The van der Waals surface area contributed by atoms with Gasteiger partial charge >= 0.3 is 0 Å².